The molecule has 18 heavy (non-hydrogen) atoms. The van der Waals surface area contributed by atoms with Gasteiger partial charge in [0.1, 0.15) is 0 Å². The van der Waals surface area contributed by atoms with Gasteiger partial charge in [-0.1, -0.05) is 37.3 Å². The van der Waals surface area contributed by atoms with Crippen LogP contribution in [0.2, 0.25) is 0 Å². The Labute approximate surface area is 111 Å². The highest BCUT2D eigenvalue weighted by molar-refractivity contribution is 5.16. The van der Waals surface area contributed by atoms with Crippen molar-refractivity contribution in [3.8, 4) is 0 Å². The molecule has 2 rings (SSSR count). The topological polar surface area (TPSA) is 21.3 Å². The zero-order valence-electron chi connectivity index (χ0n) is 11.4. The molecule has 0 bridgehead atoms. The van der Waals surface area contributed by atoms with Gasteiger partial charge in [0.2, 0.25) is 0 Å². The van der Waals surface area contributed by atoms with Crippen molar-refractivity contribution in [1.82, 2.24) is 5.32 Å². The predicted octanol–water partition coefficient (Wildman–Crippen LogP) is 3.02. The van der Waals surface area contributed by atoms with E-state index in [4.69, 9.17) is 4.74 Å². The minimum Gasteiger partial charge on any atom is -0.381 e. The van der Waals surface area contributed by atoms with E-state index in [1.165, 1.54) is 24.8 Å². The van der Waals surface area contributed by atoms with E-state index in [1.54, 1.807) is 0 Å². The van der Waals surface area contributed by atoms with E-state index in [1.807, 2.05) is 0 Å². The molecule has 0 aromatic heterocycles. The minimum atomic E-state index is 0.563. The fourth-order valence-corrected chi connectivity index (χ4v) is 2.69. The van der Waals surface area contributed by atoms with Crippen LogP contribution in [0.3, 0.4) is 0 Å². The minimum absolute atomic E-state index is 0.563. The lowest BCUT2D eigenvalue weighted by molar-refractivity contribution is 0.0393. The molecule has 1 aliphatic heterocycles. The summed E-state index contributed by atoms with van der Waals surface area (Å²) in [5.41, 5.74) is 1.43. The molecule has 0 radical (unpaired) electrons. The second-order valence-electron chi connectivity index (χ2n) is 5.23. The molecule has 0 amide bonds. The summed E-state index contributed by atoms with van der Waals surface area (Å²) >= 11 is 0. The predicted molar refractivity (Wildman–Crippen MR) is 75.8 cm³/mol. The van der Waals surface area contributed by atoms with E-state index in [0.717, 1.165) is 26.2 Å². The number of rotatable bonds is 6. The highest BCUT2D eigenvalue weighted by atomic mass is 16.5. The first-order valence-electron chi connectivity index (χ1n) is 7.25. The number of hydrogen-bond acceptors (Lipinski definition) is 2. The quantitative estimate of drug-likeness (QED) is 0.834. The van der Waals surface area contributed by atoms with Gasteiger partial charge in [-0.25, -0.2) is 0 Å². The molecular weight excluding hydrogens is 222 g/mol. The molecule has 1 aromatic carbocycles. The molecule has 1 aromatic rings. The maximum Gasteiger partial charge on any atom is 0.0509 e. The van der Waals surface area contributed by atoms with Crippen LogP contribution in [-0.4, -0.2) is 25.8 Å². The van der Waals surface area contributed by atoms with Crippen molar-refractivity contribution < 1.29 is 4.74 Å². The lowest BCUT2D eigenvalue weighted by Crippen LogP contribution is -2.42. The first kappa shape index (κ1) is 13.6. The van der Waals surface area contributed by atoms with Gasteiger partial charge in [-0.05, 0) is 43.7 Å². The van der Waals surface area contributed by atoms with E-state index in [0.29, 0.717) is 12.0 Å². The van der Waals surface area contributed by atoms with Gasteiger partial charge in [-0.2, -0.15) is 0 Å². The number of hydrogen-bond donors (Lipinski definition) is 1. The Kier molecular flexibility index (Phi) is 5.69. The third kappa shape index (κ3) is 4.11. The van der Waals surface area contributed by atoms with Crippen LogP contribution in [0.5, 0.6) is 0 Å². The Hall–Kier alpha value is -0.860. The molecule has 2 heteroatoms. The number of benzene rings is 1. The van der Waals surface area contributed by atoms with Gasteiger partial charge in [0.25, 0.3) is 0 Å². The second kappa shape index (κ2) is 7.55. The van der Waals surface area contributed by atoms with E-state index >= 15 is 0 Å². The average molecular weight is 247 g/mol. The molecule has 100 valence electrons. The van der Waals surface area contributed by atoms with E-state index in [2.05, 4.69) is 42.6 Å². The summed E-state index contributed by atoms with van der Waals surface area (Å²) in [6.45, 7) is 5.20. The van der Waals surface area contributed by atoms with Crippen molar-refractivity contribution in [2.24, 2.45) is 5.92 Å². The smallest absolute Gasteiger partial charge is 0.0509 e. The van der Waals surface area contributed by atoms with Crippen molar-refractivity contribution in [2.45, 2.75) is 38.6 Å². The summed E-state index contributed by atoms with van der Waals surface area (Å²) in [7, 11) is 0. The Morgan fingerprint density at radius 2 is 2.17 bits per heavy atom. The number of nitrogens with one attached hydrogen (secondary N) is 1. The molecule has 1 aliphatic rings. The summed E-state index contributed by atoms with van der Waals surface area (Å²) in [4.78, 5) is 0. The molecule has 0 aliphatic carbocycles. The van der Waals surface area contributed by atoms with Crippen LogP contribution >= 0.6 is 0 Å². The standard InChI is InChI=1S/C16H25NO/c1-2-10-17-16(15-9-6-11-18-13-15)12-14-7-4-3-5-8-14/h3-5,7-8,15-17H,2,6,9-13H2,1H3. The van der Waals surface area contributed by atoms with Crippen molar-refractivity contribution in [1.29, 1.82) is 0 Å². The third-order valence-electron chi connectivity index (χ3n) is 3.72. The Balaban J connectivity index is 1.95. The van der Waals surface area contributed by atoms with Crippen LogP contribution in [0.25, 0.3) is 0 Å². The van der Waals surface area contributed by atoms with Crippen LogP contribution in [0.1, 0.15) is 31.7 Å². The van der Waals surface area contributed by atoms with Crippen molar-refractivity contribution >= 4 is 0 Å². The van der Waals surface area contributed by atoms with Gasteiger partial charge in [-0.15, -0.1) is 0 Å². The molecular formula is C16H25NO. The molecule has 2 atom stereocenters. The monoisotopic (exact) mass is 247 g/mol. The fraction of sp³-hybridized carbons (Fsp3) is 0.625. The van der Waals surface area contributed by atoms with Gasteiger partial charge in [0.15, 0.2) is 0 Å². The zero-order chi connectivity index (χ0) is 12.6. The van der Waals surface area contributed by atoms with Crippen LogP contribution < -0.4 is 5.32 Å². The largest absolute Gasteiger partial charge is 0.381 e. The molecule has 1 N–H and O–H groups in total. The third-order valence-corrected chi connectivity index (χ3v) is 3.72. The summed E-state index contributed by atoms with van der Waals surface area (Å²) in [6, 6.07) is 11.4. The summed E-state index contributed by atoms with van der Waals surface area (Å²) in [6.07, 6.45) is 4.83. The SMILES string of the molecule is CCCNC(Cc1ccccc1)C1CCCOC1. The summed E-state index contributed by atoms with van der Waals surface area (Å²) in [5.74, 6) is 0.672. The van der Waals surface area contributed by atoms with Crippen LogP contribution in [0.15, 0.2) is 30.3 Å². The van der Waals surface area contributed by atoms with Crippen LogP contribution in [0.4, 0.5) is 0 Å². The Morgan fingerprint density at radius 3 is 2.83 bits per heavy atom. The van der Waals surface area contributed by atoms with Gasteiger partial charge >= 0.3 is 0 Å². The molecule has 1 heterocycles. The van der Waals surface area contributed by atoms with E-state index < -0.39 is 0 Å². The molecule has 1 fully saturated rings. The van der Waals surface area contributed by atoms with Gasteiger partial charge in [0, 0.05) is 12.6 Å². The highest BCUT2D eigenvalue weighted by Crippen LogP contribution is 2.20. The fourth-order valence-electron chi connectivity index (χ4n) is 2.69. The second-order valence-corrected chi connectivity index (χ2v) is 5.23. The lowest BCUT2D eigenvalue weighted by atomic mass is 9.89. The van der Waals surface area contributed by atoms with Gasteiger partial charge in [0.05, 0.1) is 6.61 Å². The van der Waals surface area contributed by atoms with Crippen molar-refractivity contribution in [3.05, 3.63) is 35.9 Å². The first-order valence-corrected chi connectivity index (χ1v) is 7.25. The van der Waals surface area contributed by atoms with Crippen molar-refractivity contribution in [2.75, 3.05) is 19.8 Å². The maximum absolute atomic E-state index is 5.64. The molecule has 2 nitrogen and oxygen atoms in total. The molecule has 0 spiro atoms. The van der Waals surface area contributed by atoms with E-state index in [9.17, 15) is 0 Å². The van der Waals surface area contributed by atoms with Crippen LogP contribution in [0, 0.1) is 5.92 Å². The summed E-state index contributed by atoms with van der Waals surface area (Å²) < 4.78 is 5.64. The van der Waals surface area contributed by atoms with Crippen molar-refractivity contribution in [3.63, 3.8) is 0 Å². The highest BCUT2D eigenvalue weighted by Gasteiger charge is 2.23. The number of ether oxygens (including phenoxy) is 1. The first-order chi connectivity index (χ1) is 8.90. The summed E-state index contributed by atoms with van der Waals surface area (Å²) in [5, 5.41) is 3.71. The van der Waals surface area contributed by atoms with Gasteiger partial charge < -0.3 is 10.1 Å². The van der Waals surface area contributed by atoms with Gasteiger partial charge in [-0.3, -0.25) is 0 Å². The molecule has 0 saturated carbocycles. The lowest BCUT2D eigenvalue weighted by Gasteiger charge is -2.31. The Morgan fingerprint density at radius 1 is 1.33 bits per heavy atom. The van der Waals surface area contributed by atoms with E-state index in [-0.39, 0.29) is 0 Å². The normalized spacial score (nSPS) is 21.7. The maximum atomic E-state index is 5.64. The zero-order valence-corrected chi connectivity index (χ0v) is 11.4. The van der Waals surface area contributed by atoms with Crippen LogP contribution in [-0.2, 0) is 11.2 Å². The molecule has 2 unspecified atom stereocenters. The Bertz CT molecular complexity index is 319. The molecule has 1 saturated heterocycles. The average Bonchev–Trinajstić information content (AvgIpc) is 2.45.